The first-order chi connectivity index (χ1) is 25.0. The number of nitrogens with zero attached hydrogens (tertiary/aromatic N) is 5. The van der Waals surface area contributed by atoms with Gasteiger partial charge in [0.1, 0.15) is 29.2 Å². The Hall–Kier alpha value is -5.52. The maximum atomic E-state index is 13.5. The summed E-state index contributed by atoms with van der Waals surface area (Å²) in [6, 6.07) is 15.2. The molecule has 2 aromatic carbocycles. The SMILES string of the molecule is C=C1CCN(C(=O)CC(C)C)[C@@H]1c1ncc(-c2ccc(Oc3ccc(-c4cnc(CN(CCC)C(=O)C(/C=N/C(=O)OC)C(C)C)[nH]4)cc3)cc2)[nH]1. The highest BCUT2D eigenvalue weighted by molar-refractivity contribution is 5.96. The van der Waals surface area contributed by atoms with Gasteiger partial charge < -0.3 is 29.2 Å². The number of hydrogen-bond acceptors (Lipinski definition) is 7. The van der Waals surface area contributed by atoms with Crippen LogP contribution in [0, 0.1) is 17.8 Å². The van der Waals surface area contributed by atoms with E-state index in [1.807, 2.05) is 74.2 Å². The number of amides is 3. The van der Waals surface area contributed by atoms with Gasteiger partial charge in [0.05, 0.1) is 43.4 Å². The van der Waals surface area contributed by atoms with Crippen LogP contribution in [0.2, 0.25) is 0 Å². The minimum absolute atomic E-state index is 0.0572. The number of aliphatic imine (C=N–C) groups is 1. The first-order valence-corrected chi connectivity index (χ1v) is 17.8. The summed E-state index contributed by atoms with van der Waals surface area (Å²) in [6.07, 6.45) is 6.24. The number of benzene rings is 2. The van der Waals surface area contributed by atoms with E-state index in [0.717, 1.165) is 46.8 Å². The third-order valence-corrected chi connectivity index (χ3v) is 8.99. The van der Waals surface area contributed by atoms with Crippen molar-refractivity contribution < 1.29 is 23.9 Å². The highest BCUT2D eigenvalue weighted by Crippen LogP contribution is 2.36. The van der Waals surface area contributed by atoms with Crippen LogP contribution >= 0.6 is 0 Å². The van der Waals surface area contributed by atoms with Gasteiger partial charge in [0.2, 0.25) is 11.8 Å². The predicted octanol–water partition coefficient (Wildman–Crippen LogP) is 7.98. The predicted molar refractivity (Wildman–Crippen MR) is 201 cm³/mol. The number of H-pyrrole nitrogens is 2. The summed E-state index contributed by atoms with van der Waals surface area (Å²) in [5, 5.41) is 0. The molecule has 1 unspecified atom stereocenters. The molecule has 2 atom stereocenters. The first-order valence-electron chi connectivity index (χ1n) is 17.8. The Morgan fingerprint density at radius 2 is 1.60 bits per heavy atom. The Morgan fingerprint density at radius 3 is 2.17 bits per heavy atom. The summed E-state index contributed by atoms with van der Waals surface area (Å²) in [4.78, 5) is 61.3. The van der Waals surface area contributed by atoms with Crippen molar-refractivity contribution >= 4 is 24.1 Å². The molecule has 3 amide bonds. The van der Waals surface area contributed by atoms with E-state index in [9.17, 15) is 14.4 Å². The third-order valence-electron chi connectivity index (χ3n) is 8.99. The van der Waals surface area contributed by atoms with Crippen molar-refractivity contribution in [1.29, 1.82) is 0 Å². The van der Waals surface area contributed by atoms with Gasteiger partial charge in [-0.05, 0) is 89.9 Å². The molecule has 5 rings (SSSR count). The number of likely N-dealkylation sites (tertiary alicyclic amines) is 1. The molecule has 2 N–H and O–H groups in total. The first kappa shape index (κ1) is 37.7. The van der Waals surface area contributed by atoms with Gasteiger partial charge in [0.15, 0.2) is 0 Å². The molecule has 1 aliphatic heterocycles. The molecule has 0 bridgehead atoms. The van der Waals surface area contributed by atoms with Crippen LogP contribution in [0.4, 0.5) is 4.79 Å². The lowest BCUT2D eigenvalue weighted by Gasteiger charge is -2.26. The number of methoxy groups -OCH3 is 1. The Balaban J connectivity index is 1.20. The Kier molecular flexibility index (Phi) is 12.4. The van der Waals surface area contributed by atoms with Crippen LogP contribution in [-0.2, 0) is 20.9 Å². The molecular weight excluding hydrogens is 658 g/mol. The number of imidazole rings is 2. The van der Waals surface area contributed by atoms with Crippen LogP contribution in [-0.4, -0.2) is 74.1 Å². The van der Waals surface area contributed by atoms with E-state index in [2.05, 4.69) is 50.1 Å². The second-order valence-corrected chi connectivity index (χ2v) is 13.9. The molecule has 1 fully saturated rings. The maximum Gasteiger partial charge on any atom is 0.432 e. The van der Waals surface area contributed by atoms with E-state index in [4.69, 9.17) is 4.74 Å². The van der Waals surface area contributed by atoms with Crippen molar-refractivity contribution in [3.05, 3.63) is 84.7 Å². The third kappa shape index (κ3) is 9.22. The lowest BCUT2D eigenvalue weighted by atomic mass is 9.95. The molecule has 12 heteroatoms. The number of hydrogen-bond donors (Lipinski definition) is 2. The van der Waals surface area contributed by atoms with E-state index in [1.54, 1.807) is 17.3 Å². The fourth-order valence-electron chi connectivity index (χ4n) is 6.22. The molecule has 0 radical (unpaired) electrons. The molecule has 4 aromatic rings. The molecule has 12 nitrogen and oxygen atoms in total. The van der Waals surface area contributed by atoms with Gasteiger partial charge in [-0.3, -0.25) is 9.59 Å². The molecular formula is C40H49N7O5. The topological polar surface area (TPSA) is 146 Å². The normalized spacial score (nSPS) is 15.1. The van der Waals surface area contributed by atoms with Gasteiger partial charge in [-0.1, -0.05) is 41.2 Å². The minimum Gasteiger partial charge on any atom is -0.457 e. The second kappa shape index (κ2) is 17.1. The van der Waals surface area contributed by atoms with Crippen LogP contribution in [0.1, 0.15) is 71.6 Å². The number of aromatic nitrogens is 4. The van der Waals surface area contributed by atoms with Crippen molar-refractivity contribution in [3.8, 4) is 34.0 Å². The van der Waals surface area contributed by atoms with Crippen molar-refractivity contribution in [2.75, 3.05) is 20.2 Å². The van der Waals surface area contributed by atoms with Gasteiger partial charge in [0, 0.05) is 25.7 Å². The van der Waals surface area contributed by atoms with Crippen LogP contribution in [0.5, 0.6) is 11.5 Å². The highest BCUT2D eigenvalue weighted by atomic mass is 16.5. The quantitative estimate of drug-likeness (QED) is 0.0998. The van der Waals surface area contributed by atoms with E-state index in [0.29, 0.717) is 43.4 Å². The fourth-order valence-corrected chi connectivity index (χ4v) is 6.22. The molecule has 1 saturated heterocycles. The molecule has 0 spiro atoms. The van der Waals surface area contributed by atoms with Crippen LogP contribution in [0.15, 0.2) is 78.1 Å². The number of carbonyl (C=O) groups is 3. The van der Waals surface area contributed by atoms with Crippen molar-refractivity contribution in [1.82, 2.24) is 29.7 Å². The molecule has 0 aliphatic carbocycles. The number of aromatic amines is 2. The smallest absolute Gasteiger partial charge is 0.432 e. The van der Waals surface area contributed by atoms with Crippen LogP contribution in [0.3, 0.4) is 0 Å². The summed E-state index contributed by atoms with van der Waals surface area (Å²) in [7, 11) is 1.25. The van der Waals surface area contributed by atoms with Gasteiger partial charge >= 0.3 is 6.09 Å². The van der Waals surface area contributed by atoms with Crippen molar-refractivity contribution in [2.45, 2.75) is 66.5 Å². The van der Waals surface area contributed by atoms with E-state index in [1.165, 1.54) is 13.3 Å². The molecule has 52 heavy (non-hydrogen) atoms. The van der Waals surface area contributed by atoms with Crippen LogP contribution < -0.4 is 4.74 Å². The molecule has 3 heterocycles. The second-order valence-electron chi connectivity index (χ2n) is 13.9. The minimum atomic E-state index is -0.735. The number of nitrogens with one attached hydrogen (secondary N) is 2. The Labute approximate surface area is 305 Å². The maximum absolute atomic E-state index is 13.5. The highest BCUT2D eigenvalue weighted by Gasteiger charge is 2.35. The average Bonchev–Trinajstić information content (AvgIpc) is 3.88. The van der Waals surface area contributed by atoms with Crippen molar-refractivity contribution in [3.63, 3.8) is 0 Å². The standard InChI is InChI=1S/C40H49N7O5/c1-8-18-46(39(49)32(26(4)5)21-43-40(50)51-7)24-35-41-22-33(44-35)28-9-13-30(14-10-28)52-31-15-11-29(12-16-31)34-23-42-38(45-34)37-27(6)17-19-47(37)36(48)20-25(2)3/h9-16,21-23,25-26,32,37H,6,8,17-20,24H2,1-5,7H3,(H,41,44)(H,42,45)/b43-21+/t32?,37-/m0/s1. The van der Waals surface area contributed by atoms with Crippen molar-refractivity contribution in [2.24, 2.45) is 22.7 Å². The van der Waals surface area contributed by atoms with Gasteiger partial charge in [0.25, 0.3) is 0 Å². The van der Waals surface area contributed by atoms with Gasteiger partial charge in [-0.15, -0.1) is 0 Å². The molecule has 274 valence electrons. The number of ether oxygens (including phenoxy) is 2. The summed E-state index contributed by atoms with van der Waals surface area (Å²) >= 11 is 0. The van der Waals surface area contributed by atoms with Gasteiger partial charge in [-0.25, -0.2) is 14.8 Å². The molecule has 0 saturated carbocycles. The fraction of sp³-hybridized carbons (Fsp3) is 0.400. The Morgan fingerprint density at radius 1 is 0.981 bits per heavy atom. The van der Waals surface area contributed by atoms with Crippen LogP contribution in [0.25, 0.3) is 22.5 Å². The summed E-state index contributed by atoms with van der Waals surface area (Å²) in [5.74, 6) is 2.42. The summed E-state index contributed by atoms with van der Waals surface area (Å²) < 4.78 is 10.7. The Bertz CT molecular complexity index is 1870. The van der Waals surface area contributed by atoms with E-state index in [-0.39, 0.29) is 29.7 Å². The van der Waals surface area contributed by atoms with Gasteiger partial charge in [-0.2, -0.15) is 4.99 Å². The molecule has 1 aliphatic rings. The van der Waals surface area contributed by atoms with E-state index >= 15 is 0 Å². The lowest BCUT2D eigenvalue weighted by molar-refractivity contribution is -0.135. The lowest BCUT2D eigenvalue weighted by Crippen LogP contribution is -2.39. The zero-order valence-corrected chi connectivity index (χ0v) is 30.9. The van der Waals surface area contributed by atoms with E-state index < -0.39 is 12.0 Å². The zero-order valence-electron chi connectivity index (χ0n) is 30.9. The average molecular weight is 708 g/mol. The largest absolute Gasteiger partial charge is 0.457 e. The zero-order chi connectivity index (χ0) is 37.4. The monoisotopic (exact) mass is 707 g/mol. The number of carbonyl (C=O) groups excluding carboxylic acids is 3. The molecule has 2 aromatic heterocycles. The summed E-state index contributed by atoms with van der Waals surface area (Å²) in [6.45, 7) is 15.7. The summed E-state index contributed by atoms with van der Waals surface area (Å²) in [5.41, 5.74) is 4.54. The number of rotatable bonds is 14.